The van der Waals surface area contributed by atoms with Crippen LogP contribution in [0.15, 0.2) is 0 Å². The van der Waals surface area contributed by atoms with Crippen LogP contribution in [0.1, 0.15) is 116 Å². The molecule has 0 saturated carbocycles. The number of carbonyl (C=O) groups is 2. The summed E-state index contributed by atoms with van der Waals surface area (Å²) in [7, 11) is -11.5. The lowest BCUT2D eigenvalue weighted by atomic mass is 10.0. The maximum absolute atomic E-state index is 12.1. The SMILES string of the molecule is CCCCCCCCCCCCCCCCCCOC(=O)C(CC(N)=O)(S(=O)(=O)O)S(=O)(=O)O. The minimum absolute atomic E-state index is 0.327. The normalized spacial score (nSPS) is 12.6. The molecule has 12 heteroatoms. The molecule has 0 atom stereocenters. The van der Waals surface area contributed by atoms with Gasteiger partial charge in [-0.2, -0.15) is 16.8 Å². The maximum atomic E-state index is 12.1. The van der Waals surface area contributed by atoms with Crippen LogP contribution in [0.5, 0.6) is 0 Å². The molecular weight excluding hydrogens is 486 g/mol. The number of nitrogens with two attached hydrogens (primary N) is 1. The smallest absolute Gasteiger partial charge is 0.349 e. The molecule has 0 fully saturated rings. The second kappa shape index (κ2) is 17.2. The third-order valence-corrected chi connectivity index (χ3v) is 9.33. The Morgan fingerprint density at radius 3 is 1.29 bits per heavy atom. The summed E-state index contributed by atoms with van der Waals surface area (Å²) in [4.78, 5) is 23.3. The molecular formula is C22H43NO9S2. The van der Waals surface area contributed by atoms with E-state index in [1.54, 1.807) is 0 Å². The van der Waals surface area contributed by atoms with Crippen molar-refractivity contribution in [2.45, 2.75) is 120 Å². The number of hydrogen-bond donors (Lipinski definition) is 3. The molecule has 4 N–H and O–H groups in total. The molecule has 10 nitrogen and oxygen atoms in total. The van der Waals surface area contributed by atoms with Gasteiger partial charge in [0, 0.05) is 0 Å². The van der Waals surface area contributed by atoms with Crippen LogP contribution >= 0.6 is 0 Å². The molecule has 1 amide bonds. The average molecular weight is 530 g/mol. The lowest BCUT2D eigenvalue weighted by Crippen LogP contribution is -2.55. The fourth-order valence-corrected chi connectivity index (χ4v) is 6.01. The molecule has 0 radical (unpaired) electrons. The van der Waals surface area contributed by atoms with Crippen LogP contribution in [-0.4, -0.2) is 48.5 Å². The summed E-state index contributed by atoms with van der Waals surface area (Å²) in [5.41, 5.74) is 4.81. The highest BCUT2D eigenvalue weighted by Gasteiger charge is 2.63. The van der Waals surface area contributed by atoms with E-state index in [0.29, 0.717) is 12.8 Å². The number of carbonyl (C=O) groups excluding carboxylic acids is 2. The Hall–Kier alpha value is -1.24. The first-order valence-electron chi connectivity index (χ1n) is 12.3. The summed E-state index contributed by atoms with van der Waals surface area (Å²) in [5.74, 6) is -3.49. The Morgan fingerprint density at radius 1 is 0.676 bits per heavy atom. The first kappa shape index (κ1) is 32.8. The quantitative estimate of drug-likeness (QED) is 0.106. The summed E-state index contributed by atoms with van der Waals surface area (Å²) in [6, 6.07) is 0. The van der Waals surface area contributed by atoms with E-state index in [2.05, 4.69) is 11.7 Å². The topological polar surface area (TPSA) is 178 Å². The highest BCUT2D eigenvalue weighted by molar-refractivity contribution is 8.06. The third-order valence-electron chi connectivity index (χ3n) is 5.78. The fourth-order valence-electron chi connectivity index (χ4n) is 3.75. The predicted octanol–water partition coefficient (Wildman–Crippen LogP) is 4.14. The van der Waals surface area contributed by atoms with Crippen molar-refractivity contribution in [3.8, 4) is 0 Å². The van der Waals surface area contributed by atoms with E-state index >= 15 is 0 Å². The summed E-state index contributed by atoms with van der Waals surface area (Å²) < 4.78 is 65.5. The number of rotatable bonds is 22. The van der Waals surface area contributed by atoms with Crippen molar-refractivity contribution in [1.82, 2.24) is 0 Å². The van der Waals surface area contributed by atoms with Crippen LogP contribution in [0.3, 0.4) is 0 Å². The molecule has 0 aromatic carbocycles. The van der Waals surface area contributed by atoms with Crippen molar-refractivity contribution >= 4 is 32.1 Å². The van der Waals surface area contributed by atoms with Gasteiger partial charge in [0.05, 0.1) is 13.0 Å². The molecule has 0 spiro atoms. The van der Waals surface area contributed by atoms with Gasteiger partial charge < -0.3 is 10.5 Å². The van der Waals surface area contributed by atoms with Crippen molar-refractivity contribution in [2.24, 2.45) is 5.73 Å². The highest BCUT2D eigenvalue weighted by Crippen LogP contribution is 2.29. The Balaban J connectivity index is 4.03. The molecule has 0 aliphatic carbocycles. The van der Waals surface area contributed by atoms with Crippen molar-refractivity contribution < 1.29 is 40.3 Å². The lowest BCUT2D eigenvalue weighted by Gasteiger charge is -2.23. The molecule has 202 valence electrons. The monoisotopic (exact) mass is 529 g/mol. The fraction of sp³-hybridized carbons (Fsp3) is 0.909. The van der Waals surface area contributed by atoms with E-state index in [-0.39, 0.29) is 6.61 Å². The number of unbranched alkanes of at least 4 members (excludes halogenated alkanes) is 15. The van der Waals surface area contributed by atoms with Gasteiger partial charge in [-0.05, 0) is 6.42 Å². The first-order valence-corrected chi connectivity index (χ1v) is 15.2. The first-order chi connectivity index (χ1) is 15.9. The van der Waals surface area contributed by atoms with Crippen molar-refractivity contribution in [3.63, 3.8) is 0 Å². The van der Waals surface area contributed by atoms with Gasteiger partial charge >= 0.3 is 10.0 Å². The summed E-state index contributed by atoms with van der Waals surface area (Å²) in [5, 5.41) is 0. The van der Waals surface area contributed by atoms with Gasteiger partial charge in [-0.25, -0.2) is 4.79 Å². The van der Waals surface area contributed by atoms with E-state index < -0.39 is 42.6 Å². The van der Waals surface area contributed by atoms with Crippen molar-refractivity contribution in [1.29, 1.82) is 0 Å². The van der Waals surface area contributed by atoms with Crippen molar-refractivity contribution in [3.05, 3.63) is 0 Å². The zero-order valence-corrected chi connectivity index (χ0v) is 22.0. The van der Waals surface area contributed by atoms with Crippen LogP contribution < -0.4 is 5.73 Å². The average Bonchev–Trinajstić information content (AvgIpc) is 2.72. The number of esters is 1. The summed E-state index contributed by atoms with van der Waals surface area (Å²) >= 11 is 0. The lowest BCUT2D eigenvalue weighted by molar-refractivity contribution is -0.146. The number of amides is 1. The molecule has 0 saturated heterocycles. The maximum Gasteiger partial charge on any atom is 0.349 e. The third kappa shape index (κ3) is 12.5. The summed E-state index contributed by atoms with van der Waals surface area (Å²) in [6.07, 6.45) is 16.4. The van der Waals surface area contributed by atoms with Gasteiger partial charge in [-0.15, -0.1) is 0 Å². The minimum Gasteiger partial charge on any atom is -0.464 e. The van der Waals surface area contributed by atoms with Crippen LogP contribution in [0.25, 0.3) is 0 Å². The molecule has 0 aromatic heterocycles. The molecule has 0 bridgehead atoms. The number of hydrogen-bond acceptors (Lipinski definition) is 7. The van der Waals surface area contributed by atoms with E-state index in [1.165, 1.54) is 64.2 Å². The molecule has 0 unspecified atom stereocenters. The number of primary amides is 1. The van der Waals surface area contributed by atoms with Gasteiger partial charge in [-0.3, -0.25) is 13.9 Å². The molecule has 0 aliphatic heterocycles. The Labute approximate surface area is 204 Å². The Kier molecular flexibility index (Phi) is 16.6. The van der Waals surface area contributed by atoms with Crippen LogP contribution in [0, 0.1) is 0 Å². The van der Waals surface area contributed by atoms with Gasteiger partial charge in [0.15, 0.2) is 0 Å². The Morgan fingerprint density at radius 2 is 1.00 bits per heavy atom. The molecule has 0 aliphatic rings. The van der Waals surface area contributed by atoms with Gasteiger partial charge in [-0.1, -0.05) is 103 Å². The van der Waals surface area contributed by atoms with E-state index in [1.807, 2.05) is 0 Å². The van der Waals surface area contributed by atoms with E-state index in [9.17, 15) is 35.5 Å². The van der Waals surface area contributed by atoms with Crippen LogP contribution in [0.4, 0.5) is 0 Å². The largest absolute Gasteiger partial charge is 0.464 e. The predicted molar refractivity (Wildman–Crippen MR) is 130 cm³/mol. The second-order valence-corrected chi connectivity index (χ2v) is 12.3. The summed E-state index contributed by atoms with van der Waals surface area (Å²) in [6.45, 7) is 1.89. The van der Waals surface area contributed by atoms with Gasteiger partial charge in [0.2, 0.25) is 5.91 Å². The van der Waals surface area contributed by atoms with Crippen LogP contribution in [0.2, 0.25) is 0 Å². The van der Waals surface area contributed by atoms with E-state index in [4.69, 9.17) is 5.73 Å². The molecule has 0 heterocycles. The van der Waals surface area contributed by atoms with Crippen molar-refractivity contribution in [2.75, 3.05) is 6.61 Å². The van der Waals surface area contributed by atoms with E-state index in [0.717, 1.165) is 25.7 Å². The van der Waals surface area contributed by atoms with Gasteiger partial charge in [0.1, 0.15) is 0 Å². The second-order valence-electron chi connectivity index (χ2n) is 8.79. The molecule has 0 aromatic rings. The molecule has 0 rings (SSSR count). The Bertz CT molecular complexity index is 763. The van der Waals surface area contributed by atoms with Gasteiger partial charge in [0.25, 0.3) is 20.2 Å². The zero-order valence-electron chi connectivity index (χ0n) is 20.4. The zero-order chi connectivity index (χ0) is 26.1. The standard InChI is InChI=1S/C22H43NO9S2/c1-2-3-4-5-6-7-8-9-10-11-12-13-14-15-16-17-18-32-21(25)22(19-20(23)24,33(26,27)28)34(29,30)31/h2-19H2,1H3,(H2,23,24)(H,26,27,28)(H,29,30,31). The number of ether oxygens (including phenoxy) is 1. The highest BCUT2D eigenvalue weighted by atomic mass is 32.3. The molecule has 34 heavy (non-hydrogen) atoms. The van der Waals surface area contributed by atoms with Crippen LogP contribution in [-0.2, 0) is 34.6 Å². The minimum atomic E-state index is -5.76.